The first-order valence-electron chi connectivity index (χ1n) is 5.45. The van der Waals surface area contributed by atoms with E-state index < -0.39 is 18.5 Å². The van der Waals surface area contributed by atoms with Crippen LogP contribution >= 0.6 is 22.6 Å². The number of benzene rings is 1. The molecule has 1 fully saturated rings. The van der Waals surface area contributed by atoms with Gasteiger partial charge in [0.2, 0.25) is 0 Å². The predicted octanol–water partition coefficient (Wildman–Crippen LogP) is 1.08. The summed E-state index contributed by atoms with van der Waals surface area (Å²) in [4.78, 5) is 0. The number of ether oxygens (including phenoxy) is 2. The lowest BCUT2D eigenvalue weighted by Crippen LogP contribution is -2.35. The lowest BCUT2D eigenvalue weighted by atomic mass is 10.1. The molecular weight excluding hydrogens is 335 g/mol. The van der Waals surface area contributed by atoms with Crippen LogP contribution in [-0.2, 0) is 16.1 Å². The van der Waals surface area contributed by atoms with Gasteiger partial charge in [-0.05, 0) is 5.56 Å². The van der Waals surface area contributed by atoms with Crippen LogP contribution in [0, 0.1) is 0 Å². The fraction of sp³-hybridized carbons (Fsp3) is 0.500. The Hall–Kier alpha value is -0.210. The van der Waals surface area contributed by atoms with E-state index in [1.807, 2.05) is 30.3 Å². The molecule has 94 valence electrons. The highest BCUT2D eigenvalue weighted by atomic mass is 127. The monoisotopic (exact) mass is 350 g/mol. The zero-order valence-corrected chi connectivity index (χ0v) is 11.4. The molecule has 0 aliphatic carbocycles. The summed E-state index contributed by atoms with van der Waals surface area (Å²) >= 11 is 2.11. The molecule has 1 aliphatic heterocycles. The summed E-state index contributed by atoms with van der Waals surface area (Å²) in [6, 6.07) is 9.64. The van der Waals surface area contributed by atoms with E-state index in [9.17, 15) is 10.2 Å². The van der Waals surface area contributed by atoms with Crippen LogP contribution in [0.3, 0.4) is 0 Å². The van der Waals surface area contributed by atoms with Crippen LogP contribution in [0.25, 0.3) is 0 Å². The SMILES string of the molecule is OC1O[C@H](CI)[C@@H](O)[C@H]1OCc1ccccc1. The molecule has 0 bridgehead atoms. The lowest BCUT2D eigenvalue weighted by molar-refractivity contribution is -0.144. The molecule has 1 aromatic rings. The molecule has 17 heavy (non-hydrogen) atoms. The first kappa shape index (κ1) is 13.2. The molecule has 0 aromatic heterocycles. The van der Waals surface area contributed by atoms with E-state index in [1.165, 1.54) is 0 Å². The zero-order chi connectivity index (χ0) is 12.3. The highest BCUT2D eigenvalue weighted by Crippen LogP contribution is 2.24. The van der Waals surface area contributed by atoms with Crippen molar-refractivity contribution < 1.29 is 19.7 Å². The molecule has 1 aromatic carbocycles. The fourth-order valence-electron chi connectivity index (χ4n) is 1.79. The molecule has 0 spiro atoms. The van der Waals surface area contributed by atoms with Gasteiger partial charge in [-0.25, -0.2) is 0 Å². The highest BCUT2D eigenvalue weighted by Gasteiger charge is 2.43. The quantitative estimate of drug-likeness (QED) is 0.631. The van der Waals surface area contributed by atoms with E-state index >= 15 is 0 Å². The third kappa shape index (κ3) is 3.17. The van der Waals surface area contributed by atoms with Crippen molar-refractivity contribution in [2.45, 2.75) is 31.2 Å². The van der Waals surface area contributed by atoms with Crippen molar-refractivity contribution in [2.75, 3.05) is 4.43 Å². The minimum Gasteiger partial charge on any atom is -0.387 e. The van der Waals surface area contributed by atoms with E-state index in [0.29, 0.717) is 11.0 Å². The number of aliphatic hydroxyl groups excluding tert-OH is 2. The summed E-state index contributed by atoms with van der Waals surface area (Å²) in [6.45, 7) is 0.358. The Morgan fingerprint density at radius 2 is 1.94 bits per heavy atom. The van der Waals surface area contributed by atoms with Crippen LogP contribution in [0.2, 0.25) is 0 Å². The first-order chi connectivity index (χ1) is 8.22. The van der Waals surface area contributed by atoms with Crippen LogP contribution in [0.4, 0.5) is 0 Å². The number of alkyl halides is 1. The summed E-state index contributed by atoms with van der Waals surface area (Å²) in [5.41, 5.74) is 1.00. The van der Waals surface area contributed by atoms with Gasteiger partial charge in [-0.1, -0.05) is 52.9 Å². The summed E-state index contributed by atoms with van der Waals surface area (Å²) in [5, 5.41) is 19.5. The molecule has 5 heteroatoms. The molecule has 0 amide bonds. The Balaban J connectivity index is 1.91. The summed E-state index contributed by atoms with van der Waals surface area (Å²) in [7, 11) is 0. The molecule has 2 rings (SSSR count). The maximum absolute atomic E-state index is 9.88. The topological polar surface area (TPSA) is 58.9 Å². The van der Waals surface area contributed by atoms with Crippen molar-refractivity contribution in [3.8, 4) is 0 Å². The Bertz CT molecular complexity index is 346. The van der Waals surface area contributed by atoms with Crippen molar-refractivity contribution in [3.63, 3.8) is 0 Å². The Labute approximate surface area is 114 Å². The van der Waals surface area contributed by atoms with E-state index in [2.05, 4.69) is 22.6 Å². The molecule has 1 heterocycles. The summed E-state index contributed by atoms with van der Waals surface area (Å²) in [5.74, 6) is 0. The van der Waals surface area contributed by atoms with Crippen LogP contribution in [-0.4, -0.2) is 39.2 Å². The minimum atomic E-state index is -1.05. The van der Waals surface area contributed by atoms with Gasteiger partial charge in [0.1, 0.15) is 12.2 Å². The molecule has 1 aliphatic rings. The predicted molar refractivity (Wildman–Crippen MR) is 70.8 cm³/mol. The second-order valence-corrected chi connectivity index (χ2v) is 4.85. The van der Waals surface area contributed by atoms with Gasteiger partial charge in [0.15, 0.2) is 6.29 Å². The first-order valence-corrected chi connectivity index (χ1v) is 6.98. The standard InChI is InChI=1S/C12H15IO4/c13-6-9-10(14)11(12(15)17-9)16-7-8-4-2-1-3-5-8/h1-5,9-12,14-15H,6-7H2/t9-,10-,11-,12?/m1/s1. The molecule has 4 atom stereocenters. The number of hydrogen-bond donors (Lipinski definition) is 2. The number of hydrogen-bond acceptors (Lipinski definition) is 4. The van der Waals surface area contributed by atoms with Gasteiger partial charge in [0.05, 0.1) is 12.7 Å². The molecule has 0 radical (unpaired) electrons. The van der Waals surface area contributed by atoms with Gasteiger partial charge in [-0.3, -0.25) is 0 Å². The van der Waals surface area contributed by atoms with Crippen LogP contribution < -0.4 is 0 Å². The average molecular weight is 350 g/mol. The van der Waals surface area contributed by atoms with Crippen molar-refractivity contribution in [1.29, 1.82) is 0 Å². The van der Waals surface area contributed by atoms with Crippen molar-refractivity contribution in [2.24, 2.45) is 0 Å². The van der Waals surface area contributed by atoms with Gasteiger partial charge in [-0.2, -0.15) is 0 Å². The van der Waals surface area contributed by atoms with Crippen molar-refractivity contribution in [1.82, 2.24) is 0 Å². The third-order valence-corrected chi connectivity index (χ3v) is 3.62. The smallest absolute Gasteiger partial charge is 0.184 e. The van der Waals surface area contributed by atoms with Gasteiger partial charge in [0, 0.05) is 4.43 Å². The van der Waals surface area contributed by atoms with Gasteiger partial charge < -0.3 is 19.7 Å². The van der Waals surface area contributed by atoms with Crippen LogP contribution in [0.5, 0.6) is 0 Å². The lowest BCUT2D eigenvalue weighted by Gasteiger charge is -2.17. The molecule has 4 nitrogen and oxygen atoms in total. The zero-order valence-electron chi connectivity index (χ0n) is 9.20. The van der Waals surface area contributed by atoms with E-state index in [4.69, 9.17) is 9.47 Å². The molecule has 0 saturated carbocycles. The van der Waals surface area contributed by atoms with E-state index in [1.54, 1.807) is 0 Å². The Morgan fingerprint density at radius 3 is 2.53 bits per heavy atom. The number of rotatable bonds is 4. The maximum Gasteiger partial charge on any atom is 0.184 e. The van der Waals surface area contributed by atoms with E-state index in [0.717, 1.165) is 5.56 Å². The molecular formula is C12H15IO4. The highest BCUT2D eigenvalue weighted by molar-refractivity contribution is 14.1. The second-order valence-electron chi connectivity index (χ2n) is 3.97. The molecule has 2 N–H and O–H groups in total. The normalized spacial score (nSPS) is 32.9. The average Bonchev–Trinajstić information content (AvgIpc) is 2.63. The largest absolute Gasteiger partial charge is 0.387 e. The van der Waals surface area contributed by atoms with Crippen molar-refractivity contribution in [3.05, 3.63) is 35.9 Å². The minimum absolute atomic E-state index is 0.355. The van der Waals surface area contributed by atoms with Crippen molar-refractivity contribution >= 4 is 22.6 Å². The van der Waals surface area contributed by atoms with Gasteiger partial charge in [-0.15, -0.1) is 0 Å². The van der Waals surface area contributed by atoms with Gasteiger partial charge in [0.25, 0.3) is 0 Å². The van der Waals surface area contributed by atoms with Crippen LogP contribution in [0.1, 0.15) is 5.56 Å². The third-order valence-electron chi connectivity index (χ3n) is 2.75. The molecule has 1 saturated heterocycles. The molecule has 1 unspecified atom stereocenters. The maximum atomic E-state index is 9.88. The number of halogens is 1. The van der Waals surface area contributed by atoms with E-state index in [-0.39, 0.29) is 6.10 Å². The summed E-state index contributed by atoms with van der Waals surface area (Å²) in [6.07, 6.45) is -2.85. The fourth-order valence-corrected chi connectivity index (χ4v) is 2.52. The Kier molecular flexibility index (Phi) is 4.75. The van der Waals surface area contributed by atoms with Crippen LogP contribution in [0.15, 0.2) is 30.3 Å². The van der Waals surface area contributed by atoms with Gasteiger partial charge >= 0.3 is 0 Å². The number of aliphatic hydroxyl groups is 2. The Morgan fingerprint density at radius 1 is 1.24 bits per heavy atom. The summed E-state index contributed by atoms with van der Waals surface area (Å²) < 4.78 is 11.3. The second kappa shape index (κ2) is 6.10.